The van der Waals surface area contributed by atoms with Crippen LogP contribution in [0.5, 0.6) is 5.75 Å². The summed E-state index contributed by atoms with van der Waals surface area (Å²) in [6.07, 6.45) is 0.638. The quantitative estimate of drug-likeness (QED) is 0.326. The Morgan fingerprint density at radius 3 is 2.63 bits per heavy atom. The minimum atomic E-state index is -2.87. The largest absolute Gasteiger partial charge is 0.435 e. The van der Waals surface area contributed by atoms with Crippen molar-refractivity contribution in [3.8, 4) is 5.75 Å². The highest BCUT2D eigenvalue weighted by atomic mass is 19.3. The van der Waals surface area contributed by atoms with Crippen molar-refractivity contribution in [3.05, 3.63) is 64.4 Å². The highest BCUT2D eigenvalue weighted by Gasteiger charge is 2.11. The molecule has 9 heteroatoms. The third-order valence-corrected chi connectivity index (χ3v) is 4.41. The molecule has 0 aliphatic heterocycles. The second-order valence-corrected chi connectivity index (χ2v) is 6.47. The lowest BCUT2D eigenvalue weighted by atomic mass is 10.1. The van der Waals surface area contributed by atoms with Crippen molar-refractivity contribution in [2.75, 3.05) is 19.1 Å². The zero-order valence-corrected chi connectivity index (χ0v) is 16.6. The Hall–Kier alpha value is -3.33. The van der Waals surface area contributed by atoms with Crippen molar-refractivity contribution in [1.29, 1.82) is 0 Å². The van der Waals surface area contributed by atoms with Gasteiger partial charge in [-0.25, -0.2) is 10.4 Å². The number of aromatic nitrogens is 2. The van der Waals surface area contributed by atoms with Gasteiger partial charge in [0.25, 0.3) is 5.56 Å². The smallest absolute Gasteiger partial charge is 0.387 e. The number of nitrogens with one attached hydrogen (secondary N) is 1. The molecule has 0 fully saturated rings. The summed E-state index contributed by atoms with van der Waals surface area (Å²) < 4.78 is 35.5. The van der Waals surface area contributed by atoms with Crippen LogP contribution in [-0.4, -0.2) is 35.6 Å². The number of hydrazone groups is 1. The van der Waals surface area contributed by atoms with E-state index in [4.69, 9.17) is 4.74 Å². The van der Waals surface area contributed by atoms with Crippen molar-refractivity contribution in [3.63, 3.8) is 0 Å². The van der Waals surface area contributed by atoms with Crippen LogP contribution in [0.25, 0.3) is 10.9 Å². The van der Waals surface area contributed by atoms with Gasteiger partial charge in [0, 0.05) is 20.3 Å². The van der Waals surface area contributed by atoms with E-state index in [1.54, 1.807) is 44.4 Å². The topological polar surface area (TPSA) is 77.7 Å². The van der Waals surface area contributed by atoms with Gasteiger partial charge in [-0.3, -0.25) is 9.36 Å². The molecule has 0 saturated heterocycles. The normalized spacial score (nSPS) is 11.8. The van der Waals surface area contributed by atoms with Gasteiger partial charge in [0.1, 0.15) is 5.75 Å². The molecule has 0 bridgehead atoms. The Kier molecular flexibility index (Phi) is 7.08. The van der Waals surface area contributed by atoms with E-state index in [1.165, 1.54) is 16.7 Å². The van der Waals surface area contributed by atoms with Crippen LogP contribution >= 0.6 is 0 Å². The molecule has 0 aliphatic carbocycles. The van der Waals surface area contributed by atoms with E-state index in [-0.39, 0.29) is 11.3 Å². The maximum absolute atomic E-state index is 12.9. The van der Waals surface area contributed by atoms with Crippen molar-refractivity contribution in [1.82, 2.24) is 9.55 Å². The zero-order chi connectivity index (χ0) is 21.5. The molecule has 0 radical (unpaired) electrons. The molecule has 0 amide bonds. The maximum atomic E-state index is 12.9. The molecule has 1 aromatic heterocycles. The van der Waals surface area contributed by atoms with Gasteiger partial charge in [0.2, 0.25) is 5.95 Å². The van der Waals surface area contributed by atoms with Gasteiger partial charge < -0.3 is 9.47 Å². The summed E-state index contributed by atoms with van der Waals surface area (Å²) in [5.74, 6) is 0.379. The number of para-hydroxylation sites is 1. The number of halogens is 2. The number of benzene rings is 2. The molecule has 3 rings (SSSR count). The van der Waals surface area contributed by atoms with Crippen LogP contribution in [0.1, 0.15) is 18.9 Å². The van der Waals surface area contributed by atoms with Gasteiger partial charge in [-0.05, 0) is 55.3 Å². The summed E-state index contributed by atoms with van der Waals surface area (Å²) in [5, 5.41) is 4.84. The van der Waals surface area contributed by atoms with Crippen LogP contribution in [0.4, 0.5) is 14.7 Å². The third kappa shape index (κ3) is 5.18. The molecule has 0 unspecified atom stereocenters. The second kappa shape index (κ2) is 9.93. The van der Waals surface area contributed by atoms with Gasteiger partial charge in [0.05, 0.1) is 16.6 Å². The summed E-state index contributed by atoms with van der Waals surface area (Å²) in [4.78, 5) is 17.4. The first kappa shape index (κ1) is 21.4. The highest BCUT2D eigenvalue weighted by Crippen LogP contribution is 2.16. The maximum Gasteiger partial charge on any atom is 0.387 e. The van der Waals surface area contributed by atoms with E-state index in [0.717, 1.165) is 0 Å². The lowest BCUT2D eigenvalue weighted by Crippen LogP contribution is -2.25. The summed E-state index contributed by atoms with van der Waals surface area (Å²) in [7, 11) is 1.60. The van der Waals surface area contributed by atoms with E-state index in [0.29, 0.717) is 47.7 Å². The van der Waals surface area contributed by atoms with Gasteiger partial charge in [0.15, 0.2) is 0 Å². The molecule has 1 heterocycles. The molecule has 0 atom stereocenters. The van der Waals surface area contributed by atoms with E-state index >= 15 is 0 Å². The van der Waals surface area contributed by atoms with Crippen LogP contribution in [0.3, 0.4) is 0 Å². The first-order chi connectivity index (χ1) is 14.5. The third-order valence-electron chi connectivity index (χ3n) is 4.41. The number of ether oxygens (including phenoxy) is 2. The number of hydrogen-bond acceptors (Lipinski definition) is 6. The van der Waals surface area contributed by atoms with Crippen LogP contribution in [0.2, 0.25) is 0 Å². The Morgan fingerprint density at radius 1 is 1.20 bits per heavy atom. The van der Waals surface area contributed by atoms with Crippen LogP contribution in [0.15, 0.2) is 58.4 Å². The number of fused-ring (bicyclic) bond motifs is 1. The van der Waals surface area contributed by atoms with Gasteiger partial charge >= 0.3 is 6.61 Å². The predicted molar refractivity (Wildman–Crippen MR) is 111 cm³/mol. The van der Waals surface area contributed by atoms with Crippen molar-refractivity contribution in [2.45, 2.75) is 26.5 Å². The Bertz CT molecular complexity index is 1080. The molecular formula is C21H22F2N4O3. The Morgan fingerprint density at radius 2 is 1.93 bits per heavy atom. The van der Waals surface area contributed by atoms with Gasteiger partial charge in [-0.2, -0.15) is 13.9 Å². The molecule has 30 heavy (non-hydrogen) atoms. The molecule has 7 nitrogen and oxygen atoms in total. The van der Waals surface area contributed by atoms with E-state index in [9.17, 15) is 13.6 Å². The molecule has 0 saturated carbocycles. The number of rotatable bonds is 9. The van der Waals surface area contributed by atoms with E-state index < -0.39 is 6.61 Å². The van der Waals surface area contributed by atoms with Crippen molar-refractivity contribution in [2.24, 2.45) is 5.10 Å². The first-order valence-corrected chi connectivity index (χ1v) is 9.33. The molecular weight excluding hydrogens is 394 g/mol. The van der Waals surface area contributed by atoms with Crippen molar-refractivity contribution >= 4 is 22.6 Å². The summed E-state index contributed by atoms with van der Waals surface area (Å²) in [6, 6.07) is 13.2. The monoisotopic (exact) mass is 416 g/mol. The minimum absolute atomic E-state index is 0.0673. The fourth-order valence-electron chi connectivity index (χ4n) is 2.90. The zero-order valence-electron chi connectivity index (χ0n) is 16.6. The van der Waals surface area contributed by atoms with Gasteiger partial charge in [-0.15, -0.1) is 0 Å². The van der Waals surface area contributed by atoms with Gasteiger partial charge in [-0.1, -0.05) is 12.1 Å². The highest BCUT2D eigenvalue weighted by molar-refractivity contribution is 5.99. The first-order valence-electron chi connectivity index (χ1n) is 9.33. The molecule has 0 aliphatic rings. The Balaban J connectivity index is 1.87. The molecule has 1 N–H and O–H groups in total. The molecule has 0 spiro atoms. The lowest BCUT2D eigenvalue weighted by Gasteiger charge is -2.13. The standard InChI is InChI=1S/C21H22F2N4O3/c1-14(15-8-10-16(11-9-15)30-20(22)23)25-26-21-24-18-7-4-3-6-17(18)19(28)27(21)12-5-13-29-2/h3-4,6-11,20H,5,12-13H2,1-2H3,(H,24,26)/b25-14-. The van der Waals surface area contributed by atoms with Crippen LogP contribution < -0.4 is 15.7 Å². The average molecular weight is 416 g/mol. The molecule has 158 valence electrons. The van der Waals surface area contributed by atoms with Crippen LogP contribution in [0, 0.1) is 0 Å². The lowest BCUT2D eigenvalue weighted by molar-refractivity contribution is -0.0498. The van der Waals surface area contributed by atoms with Crippen molar-refractivity contribution < 1.29 is 18.3 Å². The summed E-state index contributed by atoms with van der Waals surface area (Å²) >= 11 is 0. The summed E-state index contributed by atoms with van der Waals surface area (Å²) in [5.41, 5.74) is 4.56. The number of nitrogens with zero attached hydrogens (tertiary/aromatic N) is 3. The number of hydrogen-bond donors (Lipinski definition) is 1. The number of alkyl halides is 2. The number of methoxy groups -OCH3 is 1. The second-order valence-electron chi connectivity index (χ2n) is 6.47. The molecule has 3 aromatic rings. The van der Waals surface area contributed by atoms with E-state index in [1.807, 2.05) is 6.07 Å². The average Bonchev–Trinajstić information content (AvgIpc) is 2.74. The SMILES string of the molecule is COCCCn1c(N/N=C(/C)c2ccc(OC(F)F)cc2)nc2ccccc2c1=O. The minimum Gasteiger partial charge on any atom is -0.435 e. The van der Waals surface area contributed by atoms with Crippen LogP contribution in [-0.2, 0) is 11.3 Å². The predicted octanol–water partition coefficient (Wildman–Crippen LogP) is 3.87. The fourth-order valence-corrected chi connectivity index (χ4v) is 2.90. The fraction of sp³-hybridized carbons (Fsp3) is 0.286. The summed E-state index contributed by atoms with van der Waals surface area (Å²) in [6.45, 7) is -0.194. The number of anilines is 1. The van der Waals surface area contributed by atoms with E-state index in [2.05, 4.69) is 20.2 Å². The Labute approximate surface area is 172 Å². The molecule has 2 aromatic carbocycles.